The van der Waals surface area contributed by atoms with E-state index in [0.717, 1.165) is 6.92 Å². The summed E-state index contributed by atoms with van der Waals surface area (Å²) in [6, 6.07) is 2.91. The van der Waals surface area contributed by atoms with E-state index >= 15 is 0 Å². The molecular formula is C16H21F3O3. The van der Waals surface area contributed by atoms with Gasteiger partial charge in [0.2, 0.25) is 0 Å². The highest BCUT2D eigenvalue weighted by molar-refractivity contribution is 5.91. The number of esters is 1. The van der Waals surface area contributed by atoms with Crippen molar-refractivity contribution in [2.75, 3.05) is 6.61 Å². The van der Waals surface area contributed by atoms with Gasteiger partial charge in [-0.2, -0.15) is 13.2 Å². The van der Waals surface area contributed by atoms with E-state index in [1.165, 1.54) is 12.1 Å². The van der Waals surface area contributed by atoms with Gasteiger partial charge in [0.1, 0.15) is 0 Å². The normalized spacial score (nSPS) is 14.5. The van der Waals surface area contributed by atoms with Crippen molar-refractivity contribution >= 4 is 5.97 Å². The molecule has 6 heteroatoms. The Morgan fingerprint density at radius 3 is 2.18 bits per heavy atom. The van der Waals surface area contributed by atoms with Gasteiger partial charge in [0, 0.05) is 0 Å². The lowest BCUT2D eigenvalue weighted by molar-refractivity contribution is -0.259. The lowest BCUT2D eigenvalue weighted by Gasteiger charge is -2.31. The maximum Gasteiger partial charge on any atom is 0.421 e. The van der Waals surface area contributed by atoms with E-state index < -0.39 is 17.7 Å². The number of aliphatic hydroxyl groups is 1. The fraction of sp³-hybridized carbons (Fsp3) is 0.562. The Hall–Kier alpha value is -1.56. The third-order valence-corrected chi connectivity index (χ3v) is 3.67. The monoisotopic (exact) mass is 318 g/mol. The van der Waals surface area contributed by atoms with Crippen LogP contribution >= 0.6 is 0 Å². The van der Waals surface area contributed by atoms with Crippen molar-refractivity contribution in [1.82, 2.24) is 0 Å². The Morgan fingerprint density at radius 2 is 1.77 bits per heavy atom. The molecule has 0 saturated heterocycles. The summed E-state index contributed by atoms with van der Waals surface area (Å²) in [4.78, 5) is 12.0. The van der Waals surface area contributed by atoms with Crippen LogP contribution in [0.5, 0.6) is 0 Å². The molecule has 0 radical (unpaired) electrons. The molecule has 0 fully saturated rings. The van der Waals surface area contributed by atoms with Crippen LogP contribution in [0, 0.1) is 0 Å². The van der Waals surface area contributed by atoms with E-state index in [1.807, 2.05) is 0 Å². The summed E-state index contributed by atoms with van der Waals surface area (Å²) in [7, 11) is 0. The van der Waals surface area contributed by atoms with Gasteiger partial charge < -0.3 is 9.84 Å². The molecule has 0 aliphatic heterocycles. The van der Waals surface area contributed by atoms with Crippen molar-refractivity contribution in [3.63, 3.8) is 0 Å². The second-order valence-electron chi connectivity index (χ2n) is 5.12. The Bertz CT molecular complexity index is 548. The minimum absolute atomic E-state index is 0.0704. The molecule has 1 aromatic rings. The highest BCUT2D eigenvalue weighted by Crippen LogP contribution is 2.42. The van der Waals surface area contributed by atoms with Crippen LogP contribution in [0.2, 0.25) is 0 Å². The molecule has 1 atom stereocenters. The number of hydrogen-bond acceptors (Lipinski definition) is 3. The largest absolute Gasteiger partial charge is 0.462 e. The molecule has 22 heavy (non-hydrogen) atoms. The van der Waals surface area contributed by atoms with Gasteiger partial charge in [-0.1, -0.05) is 19.9 Å². The fourth-order valence-corrected chi connectivity index (χ4v) is 2.51. The third-order valence-electron chi connectivity index (χ3n) is 3.67. The maximum atomic E-state index is 13.3. The highest BCUT2D eigenvalue weighted by atomic mass is 19.4. The van der Waals surface area contributed by atoms with Crippen LogP contribution in [0.1, 0.15) is 54.7 Å². The molecule has 1 unspecified atom stereocenters. The third kappa shape index (κ3) is 3.27. The molecular weight excluding hydrogens is 297 g/mol. The zero-order valence-electron chi connectivity index (χ0n) is 13.2. The molecule has 124 valence electrons. The molecule has 0 bridgehead atoms. The molecule has 0 aliphatic carbocycles. The zero-order valence-corrected chi connectivity index (χ0v) is 13.2. The lowest BCUT2D eigenvalue weighted by atomic mass is 9.82. The molecule has 1 aromatic carbocycles. The van der Waals surface area contributed by atoms with Crippen LogP contribution in [-0.2, 0) is 23.2 Å². The molecule has 1 N–H and O–H groups in total. The number of halogens is 3. The summed E-state index contributed by atoms with van der Waals surface area (Å²) < 4.78 is 44.7. The van der Waals surface area contributed by atoms with Crippen LogP contribution in [0.3, 0.4) is 0 Å². The van der Waals surface area contributed by atoms with E-state index in [2.05, 4.69) is 0 Å². The number of ether oxygens (including phenoxy) is 1. The van der Waals surface area contributed by atoms with Gasteiger partial charge in [-0.05, 0) is 49.4 Å². The van der Waals surface area contributed by atoms with Gasteiger partial charge in [0.15, 0.2) is 5.60 Å². The maximum absolute atomic E-state index is 13.3. The summed E-state index contributed by atoms with van der Waals surface area (Å²) in [6.45, 7) is 5.82. The van der Waals surface area contributed by atoms with E-state index in [4.69, 9.17) is 4.74 Å². The highest BCUT2D eigenvalue weighted by Gasteiger charge is 2.53. The smallest absolute Gasteiger partial charge is 0.421 e. The number of alkyl halides is 3. The number of carbonyl (C=O) groups excluding carboxylic acids is 1. The zero-order chi connectivity index (χ0) is 17.1. The van der Waals surface area contributed by atoms with E-state index in [0.29, 0.717) is 12.0 Å². The van der Waals surface area contributed by atoms with Crippen LogP contribution < -0.4 is 0 Å². The second kappa shape index (κ2) is 6.69. The molecule has 0 heterocycles. The number of carbonyl (C=O) groups is 1. The minimum Gasteiger partial charge on any atom is -0.462 e. The molecule has 0 aliphatic rings. The van der Waals surface area contributed by atoms with Crippen LogP contribution in [0.4, 0.5) is 13.2 Å². The van der Waals surface area contributed by atoms with Gasteiger partial charge in [0.25, 0.3) is 0 Å². The fourth-order valence-electron chi connectivity index (χ4n) is 2.51. The topological polar surface area (TPSA) is 46.5 Å². The standard InChI is InChI=1S/C16H21F3O3/c1-5-10-8-9-12(14(20)22-7-3)11(6-2)13(10)15(4,21)16(17,18)19/h8-9,21H,5-7H2,1-4H3. The average Bonchev–Trinajstić information content (AvgIpc) is 2.44. The first-order chi connectivity index (χ1) is 10.1. The van der Waals surface area contributed by atoms with Gasteiger partial charge in [0.05, 0.1) is 12.2 Å². The predicted molar refractivity (Wildman–Crippen MR) is 76.8 cm³/mol. The summed E-state index contributed by atoms with van der Waals surface area (Å²) in [5.74, 6) is -0.679. The van der Waals surface area contributed by atoms with Gasteiger partial charge in [-0.15, -0.1) is 0 Å². The summed E-state index contributed by atoms with van der Waals surface area (Å²) >= 11 is 0. The van der Waals surface area contributed by atoms with Crippen molar-refractivity contribution in [3.05, 3.63) is 34.4 Å². The van der Waals surface area contributed by atoms with Gasteiger partial charge in [-0.3, -0.25) is 0 Å². The molecule has 1 rings (SSSR count). The molecule has 0 saturated carbocycles. The minimum atomic E-state index is -4.84. The average molecular weight is 318 g/mol. The van der Waals surface area contributed by atoms with Crippen molar-refractivity contribution < 1.29 is 27.8 Å². The summed E-state index contributed by atoms with van der Waals surface area (Å²) in [5, 5.41) is 10.1. The van der Waals surface area contributed by atoms with Crippen LogP contribution in [0.15, 0.2) is 12.1 Å². The predicted octanol–water partition coefficient (Wildman–Crippen LogP) is 3.76. The summed E-state index contributed by atoms with van der Waals surface area (Å²) in [5.41, 5.74) is -2.64. The quantitative estimate of drug-likeness (QED) is 0.841. The van der Waals surface area contributed by atoms with Crippen LogP contribution in [0.25, 0.3) is 0 Å². The summed E-state index contributed by atoms with van der Waals surface area (Å²) in [6.07, 6.45) is -4.34. The van der Waals surface area contributed by atoms with Crippen LogP contribution in [-0.4, -0.2) is 23.9 Å². The van der Waals surface area contributed by atoms with Crippen molar-refractivity contribution in [3.8, 4) is 0 Å². The van der Waals surface area contributed by atoms with Gasteiger partial charge >= 0.3 is 12.1 Å². The van der Waals surface area contributed by atoms with Gasteiger partial charge in [-0.25, -0.2) is 4.79 Å². The Morgan fingerprint density at radius 1 is 1.18 bits per heavy atom. The SMILES string of the molecule is CCOC(=O)c1ccc(CC)c(C(C)(O)C(F)(F)F)c1CC. The second-order valence-corrected chi connectivity index (χ2v) is 5.12. The first-order valence-electron chi connectivity index (χ1n) is 7.23. The van der Waals surface area contributed by atoms with Crippen molar-refractivity contribution in [2.45, 2.75) is 52.3 Å². The first kappa shape index (κ1) is 18.5. The molecule has 0 spiro atoms. The Kier molecular flexibility index (Phi) is 5.62. The number of benzene rings is 1. The van der Waals surface area contributed by atoms with E-state index in [-0.39, 0.29) is 29.7 Å². The molecule has 3 nitrogen and oxygen atoms in total. The first-order valence-corrected chi connectivity index (χ1v) is 7.23. The van der Waals surface area contributed by atoms with E-state index in [9.17, 15) is 23.1 Å². The van der Waals surface area contributed by atoms with Crippen molar-refractivity contribution in [2.24, 2.45) is 0 Å². The van der Waals surface area contributed by atoms with Crippen molar-refractivity contribution in [1.29, 1.82) is 0 Å². The molecule has 0 aromatic heterocycles. The lowest BCUT2D eigenvalue weighted by Crippen LogP contribution is -2.41. The Labute approximate surface area is 128 Å². The number of hydrogen-bond donors (Lipinski definition) is 1. The number of aryl methyl sites for hydroxylation is 1. The molecule has 0 amide bonds. The Balaban J connectivity index is 3.66. The number of rotatable bonds is 5. The van der Waals surface area contributed by atoms with E-state index in [1.54, 1.807) is 20.8 Å².